The molecule has 2 atom stereocenters. The second kappa shape index (κ2) is 6.45. The highest BCUT2D eigenvalue weighted by Crippen LogP contribution is 2.32. The van der Waals surface area contributed by atoms with Gasteiger partial charge in [-0.05, 0) is 43.9 Å². The maximum absolute atomic E-state index is 11.5. The van der Waals surface area contributed by atoms with Crippen molar-refractivity contribution in [2.24, 2.45) is 17.6 Å². The Bertz CT molecular complexity index is 231. The molecule has 0 heterocycles. The minimum Gasteiger partial charge on any atom is -0.356 e. The summed E-state index contributed by atoms with van der Waals surface area (Å²) in [7, 11) is 0. The molecule has 0 radical (unpaired) electrons. The number of amides is 1. The van der Waals surface area contributed by atoms with Crippen LogP contribution in [0.5, 0.6) is 0 Å². The van der Waals surface area contributed by atoms with Gasteiger partial charge in [0.15, 0.2) is 0 Å². The molecule has 0 aromatic rings. The van der Waals surface area contributed by atoms with E-state index >= 15 is 0 Å². The van der Waals surface area contributed by atoms with Crippen molar-refractivity contribution in [1.82, 2.24) is 5.32 Å². The van der Waals surface area contributed by atoms with Crippen LogP contribution in [0.4, 0.5) is 0 Å². The zero-order valence-electron chi connectivity index (χ0n) is 9.78. The van der Waals surface area contributed by atoms with Gasteiger partial charge in [0.05, 0.1) is 0 Å². The van der Waals surface area contributed by atoms with Crippen LogP contribution in [0.2, 0.25) is 0 Å². The van der Waals surface area contributed by atoms with Gasteiger partial charge in [-0.15, -0.1) is 12.4 Å². The molecule has 3 nitrogen and oxygen atoms in total. The maximum atomic E-state index is 11.5. The summed E-state index contributed by atoms with van der Waals surface area (Å²) in [5.74, 6) is 1.56. The number of nitrogens with one attached hydrogen (secondary N) is 1. The summed E-state index contributed by atoms with van der Waals surface area (Å²) in [6.45, 7) is 0.846. The lowest BCUT2D eigenvalue weighted by Gasteiger charge is -2.26. The third-order valence-corrected chi connectivity index (χ3v) is 3.58. The molecule has 2 aliphatic rings. The van der Waals surface area contributed by atoms with Crippen LogP contribution < -0.4 is 11.1 Å². The molecule has 94 valence electrons. The summed E-state index contributed by atoms with van der Waals surface area (Å²) in [5, 5.41) is 3.05. The number of hydrogen-bond acceptors (Lipinski definition) is 2. The van der Waals surface area contributed by atoms with Gasteiger partial charge in [0.25, 0.3) is 0 Å². The lowest BCUT2D eigenvalue weighted by molar-refractivity contribution is -0.121. The molecule has 2 unspecified atom stereocenters. The standard InChI is InChI=1S/C12H22N2O.ClH/c13-11-3-1-2-10(6-11)8-14-12(15)7-9-4-5-9;/h9-11H,1-8,13H2,(H,14,15);1H. The Morgan fingerprint density at radius 1 is 1.19 bits per heavy atom. The summed E-state index contributed by atoms with van der Waals surface area (Å²) < 4.78 is 0. The summed E-state index contributed by atoms with van der Waals surface area (Å²) in [4.78, 5) is 11.5. The predicted octanol–water partition coefficient (Wildman–Crippen LogP) is 1.84. The average Bonchev–Trinajstić information content (AvgIpc) is 2.99. The first kappa shape index (κ1) is 13.8. The molecule has 2 aliphatic carbocycles. The average molecular weight is 247 g/mol. The monoisotopic (exact) mass is 246 g/mol. The van der Waals surface area contributed by atoms with Crippen LogP contribution >= 0.6 is 12.4 Å². The van der Waals surface area contributed by atoms with Crippen molar-refractivity contribution in [3.63, 3.8) is 0 Å². The summed E-state index contributed by atoms with van der Waals surface area (Å²) >= 11 is 0. The van der Waals surface area contributed by atoms with Crippen molar-refractivity contribution < 1.29 is 4.79 Å². The van der Waals surface area contributed by atoms with E-state index in [4.69, 9.17) is 5.73 Å². The van der Waals surface area contributed by atoms with Crippen molar-refractivity contribution in [2.45, 2.75) is 51.0 Å². The number of halogens is 1. The van der Waals surface area contributed by atoms with Gasteiger partial charge >= 0.3 is 0 Å². The number of rotatable bonds is 4. The van der Waals surface area contributed by atoms with Gasteiger partial charge in [-0.1, -0.05) is 6.42 Å². The Kier molecular flexibility index (Phi) is 5.56. The summed E-state index contributed by atoms with van der Waals surface area (Å²) in [5.41, 5.74) is 5.91. The molecule has 0 aromatic heterocycles. The number of carbonyl (C=O) groups is 1. The Balaban J connectivity index is 0.00000128. The molecule has 1 amide bonds. The maximum Gasteiger partial charge on any atom is 0.220 e. The third kappa shape index (κ3) is 4.71. The number of hydrogen-bond donors (Lipinski definition) is 2. The first-order chi connectivity index (χ1) is 7.24. The second-order valence-electron chi connectivity index (χ2n) is 5.24. The van der Waals surface area contributed by atoms with Gasteiger partial charge in [-0.2, -0.15) is 0 Å². The molecule has 0 saturated heterocycles. The highest BCUT2D eigenvalue weighted by Gasteiger charge is 2.25. The Labute approximate surface area is 104 Å². The van der Waals surface area contributed by atoms with E-state index < -0.39 is 0 Å². The van der Waals surface area contributed by atoms with Crippen molar-refractivity contribution >= 4 is 18.3 Å². The van der Waals surface area contributed by atoms with E-state index in [2.05, 4.69) is 5.32 Å². The second-order valence-corrected chi connectivity index (χ2v) is 5.24. The normalized spacial score (nSPS) is 29.3. The molecule has 0 bridgehead atoms. The van der Waals surface area contributed by atoms with Gasteiger partial charge in [-0.25, -0.2) is 0 Å². The van der Waals surface area contributed by atoms with E-state index in [9.17, 15) is 4.79 Å². The zero-order valence-corrected chi connectivity index (χ0v) is 10.6. The Hall–Kier alpha value is -0.280. The third-order valence-electron chi connectivity index (χ3n) is 3.58. The van der Waals surface area contributed by atoms with E-state index in [-0.39, 0.29) is 18.3 Å². The summed E-state index contributed by atoms with van der Waals surface area (Å²) in [6, 6.07) is 0.365. The molecule has 16 heavy (non-hydrogen) atoms. The quantitative estimate of drug-likeness (QED) is 0.796. The largest absolute Gasteiger partial charge is 0.356 e. The highest BCUT2D eigenvalue weighted by molar-refractivity contribution is 5.85. The van der Waals surface area contributed by atoms with E-state index in [0.717, 1.165) is 25.8 Å². The van der Waals surface area contributed by atoms with Crippen LogP contribution in [0.3, 0.4) is 0 Å². The van der Waals surface area contributed by atoms with Crippen LogP contribution in [-0.4, -0.2) is 18.5 Å². The zero-order chi connectivity index (χ0) is 10.7. The molecule has 3 N–H and O–H groups in total. The van der Waals surface area contributed by atoms with Crippen molar-refractivity contribution in [3.05, 3.63) is 0 Å². The van der Waals surface area contributed by atoms with Crippen LogP contribution in [0.1, 0.15) is 44.9 Å². The molecule has 4 heteroatoms. The number of carbonyl (C=O) groups excluding carboxylic acids is 1. The fraction of sp³-hybridized carbons (Fsp3) is 0.917. The Morgan fingerprint density at radius 3 is 2.56 bits per heavy atom. The van der Waals surface area contributed by atoms with Gasteiger partial charge in [-0.3, -0.25) is 4.79 Å². The van der Waals surface area contributed by atoms with Crippen molar-refractivity contribution in [3.8, 4) is 0 Å². The summed E-state index contributed by atoms with van der Waals surface area (Å²) in [6.07, 6.45) is 7.96. The molecular formula is C12H23ClN2O. The first-order valence-corrected chi connectivity index (χ1v) is 6.26. The van der Waals surface area contributed by atoms with Crippen LogP contribution in [0.25, 0.3) is 0 Å². The van der Waals surface area contributed by atoms with E-state index in [0.29, 0.717) is 17.9 Å². The van der Waals surface area contributed by atoms with Crippen LogP contribution in [0.15, 0.2) is 0 Å². The predicted molar refractivity (Wildman–Crippen MR) is 67.5 cm³/mol. The van der Waals surface area contributed by atoms with Gasteiger partial charge < -0.3 is 11.1 Å². The first-order valence-electron chi connectivity index (χ1n) is 6.26. The SMILES string of the molecule is Cl.NC1CCCC(CNC(=O)CC2CC2)C1. The molecule has 0 spiro atoms. The molecule has 2 rings (SSSR count). The van der Waals surface area contributed by atoms with E-state index in [1.807, 2.05) is 0 Å². The molecule has 2 saturated carbocycles. The van der Waals surface area contributed by atoms with E-state index in [1.54, 1.807) is 0 Å². The topological polar surface area (TPSA) is 55.1 Å². The van der Waals surface area contributed by atoms with Gasteiger partial charge in [0, 0.05) is 19.0 Å². The lowest BCUT2D eigenvalue weighted by Crippen LogP contribution is -2.35. The van der Waals surface area contributed by atoms with Gasteiger partial charge in [0.1, 0.15) is 0 Å². The Morgan fingerprint density at radius 2 is 1.94 bits per heavy atom. The van der Waals surface area contributed by atoms with Crippen LogP contribution in [0, 0.1) is 11.8 Å². The lowest BCUT2D eigenvalue weighted by atomic mass is 9.86. The minimum atomic E-state index is 0. The fourth-order valence-electron chi connectivity index (χ4n) is 2.43. The smallest absolute Gasteiger partial charge is 0.220 e. The van der Waals surface area contributed by atoms with Crippen molar-refractivity contribution in [2.75, 3.05) is 6.54 Å². The molecule has 0 aromatic carbocycles. The molecule has 2 fully saturated rings. The highest BCUT2D eigenvalue weighted by atomic mass is 35.5. The minimum absolute atomic E-state index is 0. The fourth-order valence-corrected chi connectivity index (χ4v) is 2.43. The molecule has 0 aliphatic heterocycles. The van der Waals surface area contributed by atoms with Gasteiger partial charge in [0.2, 0.25) is 5.91 Å². The number of nitrogens with two attached hydrogens (primary N) is 1. The van der Waals surface area contributed by atoms with Crippen LogP contribution in [-0.2, 0) is 4.79 Å². The van der Waals surface area contributed by atoms with E-state index in [1.165, 1.54) is 25.7 Å². The van der Waals surface area contributed by atoms with Crippen molar-refractivity contribution in [1.29, 1.82) is 0 Å². The molecular weight excluding hydrogens is 224 g/mol.